The summed E-state index contributed by atoms with van der Waals surface area (Å²) in [6, 6.07) is 10.8. The number of ether oxygens (including phenoxy) is 5. The highest BCUT2D eigenvalue weighted by atomic mass is 16.5. The Morgan fingerprint density at radius 3 is 2.00 bits per heavy atom. The van der Waals surface area contributed by atoms with Crippen LogP contribution in [-0.2, 0) is 9.53 Å². The van der Waals surface area contributed by atoms with Gasteiger partial charge in [-0.1, -0.05) is 0 Å². The van der Waals surface area contributed by atoms with Crippen molar-refractivity contribution in [2.45, 2.75) is 0 Å². The summed E-state index contributed by atoms with van der Waals surface area (Å²) in [5, 5.41) is 0. The van der Waals surface area contributed by atoms with Crippen molar-refractivity contribution in [2.24, 2.45) is 0 Å². The smallest absolute Gasteiger partial charge is 0.343 e. The first kappa shape index (κ1) is 18.4. The zero-order valence-electron chi connectivity index (χ0n) is 15.6. The lowest BCUT2D eigenvalue weighted by atomic mass is 10.1. The van der Waals surface area contributed by atoms with Crippen molar-refractivity contribution in [1.29, 1.82) is 0 Å². The lowest BCUT2D eigenvalue weighted by Gasteiger charge is -2.12. The molecule has 0 unspecified atom stereocenters. The molecular weight excluding hydrogens is 348 g/mol. The van der Waals surface area contributed by atoms with Gasteiger partial charge >= 0.3 is 5.97 Å². The van der Waals surface area contributed by atoms with Crippen LogP contribution in [0.5, 0.6) is 23.0 Å². The maximum absolute atomic E-state index is 12.3. The predicted molar refractivity (Wildman–Crippen MR) is 101 cm³/mol. The molecule has 0 fully saturated rings. The highest BCUT2D eigenvalue weighted by Gasteiger charge is 2.22. The molecule has 0 bridgehead atoms. The van der Waals surface area contributed by atoms with E-state index in [9.17, 15) is 4.79 Å². The summed E-state index contributed by atoms with van der Waals surface area (Å²) in [7, 11) is 6.22. The van der Waals surface area contributed by atoms with Gasteiger partial charge in [0.05, 0.1) is 34.0 Å². The van der Waals surface area contributed by atoms with Gasteiger partial charge < -0.3 is 23.7 Å². The zero-order chi connectivity index (χ0) is 19.4. The summed E-state index contributed by atoms with van der Waals surface area (Å²) in [6.45, 7) is 0. The Bertz CT molecular complexity index is 884. The molecule has 0 amide bonds. The standard InChI is InChI=1S/C21H20O6/c1-23-16-7-5-14(6-8-16)17-12-15(21(22)27-17)9-13-10-18(24-2)20(26-4)19(11-13)25-3/h5-12H,1-4H3/b15-9+. The van der Waals surface area contributed by atoms with Crippen LogP contribution in [0.25, 0.3) is 11.8 Å². The molecule has 0 atom stereocenters. The van der Waals surface area contributed by atoms with Gasteiger partial charge in [-0.15, -0.1) is 0 Å². The van der Waals surface area contributed by atoms with Crippen molar-refractivity contribution in [3.05, 3.63) is 59.2 Å². The van der Waals surface area contributed by atoms with Crippen LogP contribution in [0.2, 0.25) is 0 Å². The van der Waals surface area contributed by atoms with Crippen LogP contribution in [0.4, 0.5) is 0 Å². The van der Waals surface area contributed by atoms with E-state index in [1.807, 2.05) is 24.3 Å². The predicted octanol–water partition coefficient (Wildman–Crippen LogP) is 3.70. The third-order valence-corrected chi connectivity index (χ3v) is 4.11. The van der Waals surface area contributed by atoms with Gasteiger partial charge in [-0.25, -0.2) is 4.79 Å². The second-order valence-corrected chi connectivity index (χ2v) is 5.68. The normalized spacial score (nSPS) is 14.6. The van der Waals surface area contributed by atoms with Crippen molar-refractivity contribution in [1.82, 2.24) is 0 Å². The van der Waals surface area contributed by atoms with Gasteiger partial charge in [0.2, 0.25) is 5.75 Å². The van der Waals surface area contributed by atoms with Crippen molar-refractivity contribution >= 4 is 17.8 Å². The Morgan fingerprint density at radius 1 is 0.852 bits per heavy atom. The van der Waals surface area contributed by atoms with Gasteiger partial charge in [0.25, 0.3) is 0 Å². The SMILES string of the molecule is COc1ccc(C2=C/C(=C\c3cc(OC)c(OC)c(OC)c3)C(=O)O2)cc1. The highest BCUT2D eigenvalue weighted by molar-refractivity contribution is 6.05. The number of benzene rings is 2. The third-order valence-electron chi connectivity index (χ3n) is 4.11. The summed E-state index contributed by atoms with van der Waals surface area (Å²) in [4.78, 5) is 12.3. The minimum absolute atomic E-state index is 0.422. The van der Waals surface area contributed by atoms with Crippen LogP contribution < -0.4 is 18.9 Å². The van der Waals surface area contributed by atoms with Gasteiger partial charge in [-0.2, -0.15) is 0 Å². The van der Waals surface area contributed by atoms with Gasteiger partial charge in [-0.05, 0) is 54.1 Å². The van der Waals surface area contributed by atoms with Crippen LogP contribution in [0.1, 0.15) is 11.1 Å². The van der Waals surface area contributed by atoms with E-state index < -0.39 is 5.97 Å². The van der Waals surface area contributed by atoms with E-state index in [1.54, 1.807) is 45.6 Å². The van der Waals surface area contributed by atoms with E-state index in [0.29, 0.717) is 28.6 Å². The summed E-state index contributed by atoms with van der Waals surface area (Å²) < 4.78 is 26.5. The quantitative estimate of drug-likeness (QED) is 0.572. The Morgan fingerprint density at radius 2 is 1.48 bits per heavy atom. The van der Waals surface area contributed by atoms with Crippen LogP contribution in [0.3, 0.4) is 0 Å². The number of cyclic esters (lactones) is 1. The van der Waals surface area contributed by atoms with Gasteiger partial charge in [0, 0.05) is 5.56 Å². The Kier molecular flexibility index (Phi) is 5.35. The van der Waals surface area contributed by atoms with Gasteiger partial charge in [-0.3, -0.25) is 0 Å². The molecule has 3 rings (SSSR count). The molecule has 1 heterocycles. The Hall–Kier alpha value is -3.41. The van der Waals surface area contributed by atoms with Crippen molar-refractivity contribution in [3.63, 3.8) is 0 Å². The average Bonchev–Trinajstić information content (AvgIpc) is 3.07. The second-order valence-electron chi connectivity index (χ2n) is 5.68. The fraction of sp³-hybridized carbons (Fsp3) is 0.190. The first-order chi connectivity index (χ1) is 13.1. The third kappa shape index (κ3) is 3.74. The molecule has 0 aliphatic carbocycles. The van der Waals surface area contributed by atoms with Gasteiger partial charge in [0.1, 0.15) is 11.5 Å². The molecule has 0 saturated carbocycles. The van der Waals surface area contributed by atoms with Crippen LogP contribution >= 0.6 is 0 Å². The molecule has 1 aliphatic rings. The summed E-state index contributed by atoms with van der Waals surface area (Å²) in [5.41, 5.74) is 1.94. The van der Waals surface area contributed by atoms with Crippen molar-refractivity contribution in [3.8, 4) is 23.0 Å². The Balaban J connectivity index is 1.96. The molecule has 27 heavy (non-hydrogen) atoms. The van der Waals surface area contributed by atoms with Crippen LogP contribution in [0.15, 0.2) is 48.0 Å². The lowest BCUT2D eigenvalue weighted by Crippen LogP contribution is -1.98. The summed E-state index contributed by atoms with van der Waals surface area (Å²) in [5.74, 6) is 2.31. The minimum Gasteiger partial charge on any atom is -0.497 e. The number of rotatable bonds is 6. The molecule has 0 aromatic heterocycles. The maximum atomic E-state index is 12.3. The molecular formula is C21H20O6. The molecule has 0 saturated heterocycles. The monoisotopic (exact) mass is 368 g/mol. The first-order valence-electron chi connectivity index (χ1n) is 8.19. The zero-order valence-corrected chi connectivity index (χ0v) is 15.6. The minimum atomic E-state index is -0.422. The molecule has 140 valence electrons. The molecule has 1 aliphatic heterocycles. The summed E-state index contributed by atoms with van der Waals surface area (Å²) >= 11 is 0. The lowest BCUT2D eigenvalue weighted by molar-refractivity contribution is -0.130. The Labute approximate surface area is 157 Å². The number of hydrogen-bond donors (Lipinski definition) is 0. The maximum Gasteiger partial charge on any atom is 0.343 e. The first-order valence-corrected chi connectivity index (χ1v) is 8.19. The fourth-order valence-electron chi connectivity index (χ4n) is 2.75. The van der Waals surface area contributed by atoms with Crippen LogP contribution in [0, 0.1) is 0 Å². The van der Waals surface area contributed by atoms with Crippen molar-refractivity contribution < 1.29 is 28.5 Å². The fourth-order valence-corrected chi connectivity index (χ4v) is 2.75. The van der Waals surface area contributed by atoms with E-state index >= 15 is 0 Å². The largest absolute Gasteiger partial charge is 0.497 e. The number of methoxy groups -OCH3 is 4. The van der Waals surface area contributed by atoms with Crippen LogP contribution in [-0.4, -0.2) is 34.4 Å². The summed E-state index contributed by atoms with van der Waals surface area (Å²) in [6.07, 6.45) is 3.41. The average molecular weight is 368 g/mol. The molecule has 6 nitrogen and oxygen atoms in total. The van der Waals surface area contributed by atoms with E-state index in [0.717, 1.165) is 16.9 Å². The van der Waals surface area contributed by atoms with Gasteiger partial charge in [0.15, 0.2) is 11.5 Å². The molecule has 0 N–H and O–H groups in total. The topological polar surface area (TPSA) is 63.2 Å². The molecule has 0 radical (unpaired) electrons. The van der Waals surface area contributed by atoms with E-state index in [2.05, 4.69) is 0 Å². The number of carbonyl (C=O) groups excluding carboxylic acids is 1. The van der Waals surface area contributed by atoms with E-state index in [1.165, 1.54) is 7.11 Å². The van der Waals surface area contributed by atoms with E-state index in [4.69, 9.17) is 23.7 Å². The molecule has 2 aromatic rings. The number of esters is 1. The second kappa shape index (κ2) is 7.86. The molecule has 0 spiro atoms. The van der Waals surface area contributed by atoms with E-state index in [-0.39, 0.29) is 0 Å². The number of hydrogen-bond acceptors (Lipinski definition) is 6. The molecule has 2 aromatic carbocycles. The highest BCUT2D eigenvalue weighted by Crippen LogP contribution is 2.39. The van der Waals surface area contributed by atoms with Crippen molar-refractivity contribution in [2.75, 3.05) is 28.4 Å². The molecule has 6 heteroatoms. The number of carbonyl (C=O) groups is 1.